The van der Waals surface area contributed by atoms with E-state index < -0.39 is 10.7 Å². The molecule has 0 heterocycles. The van der Waals surface area contributed by atoms with Crippen LogP contribution in [0.5, 0.6) is 0 Å². The van der Waals surface area contributed by atoms with Crippen molar-refractivity contribution in [1.82, 2.24) is 0 Å². The Morgan fingerprint density at radius 2 is 1.08 bits per heavy atom. The number of rotatable bonds is 4. The highest BCUT2D eigenvalue weighted by Gasteiger charge is 2.10. The average molecular weight is 358 g/mol. The molecule has 0 fully saturated rings. The van der Waals surface area contributed by atoms with E-state index in [9.17, 15) is 8.42 Å². The molecule has 0 aliphatic rings. The lowest BCUT2D eigenvalue weighted by Gasteiger charge is -2.13. The molecule has 0 saturated heterocycles. The Bertz CT molecular complexity index is 1120. The summed E-state index contributed by atoms with van der Waals surface area (Å²) in [7, 11) is -2.41. The lowest BCUT2D eigenvalue weighted by molar-refractivity contribution is 0.614. The molecule has 3 heteroatoms. The second-order valence-corrected chi connectivity index (χ2v) is 7.28. The molecule has 0 aromatic heterocycles. The van der Waals surface area contributed by atoms with Crippen LogP contribution in [0.3, 0.4) is 0 Å². The van der Waals surface area contributed by atoms with E-state index in [-0.39, 0.29) is 5.75 Å². The molecule has 0 spiro atoms. The maximum atomic E-state index is 10.9. The fourth-order valence-corrected chi connectivity index (χ4v) is 3.78. The Balaban J connectivity index is 1.90. The Labute approximate surface area is 154 Å². The molecular weight excluding hydrogens is 340 g/mol. The summed E-state index contributed by atoms with van der Waals surface area (Å²) in [6.07, 6.45) is 0. The number of fused-ring (bicyclic) bond motifs is 1. The van der Waals surface area contributed by atoms with Gasteiger partial charge in [-0.1, -0.05) is 78.9 Å². The molecule has 4 aromatic rings. The van der Waals surface area contributed by atoms with Crippen LogP contribution in [-0.4, -0.2) is 8.42 Å². The van der Waals surface area contributed by atoms with E-state index in [0.717, 1.165) is 16.7 Å². The first-order valence-electron chi connectivity index (χ1n) is 8.50. The van der Waals surface area contributed by atoms with Crippen molar-refractivity contribution in [3.63, 3.8) is 0 Å². The van der Waals surface area contributed by atoms with E-state index in [2.05, 4.69) is 42.5 Å². The van der Waals surface area contributed by atoms with Gasteiger partial charge < -0.3 is 0 Å². The third kappa shape index (κ3) is 3.39. The molecule has 0 aliphatic carbocycles. The van der Waals surface area contributed by atoms with Crippen molar-refractivity contribution in [2.75, 3.05) is 0 Å². The van der Waals surface area contributed by atoms with Crippen LogP contribution >= 0.6 is 0 Å². The Morgan fingerprint density at radius 3 is 1.62 bits per heavy atom. The molecule has 0 atom stereocenters. The van der Waals surface area contributed by atoms with Gasteiger partial charge in [-0.05, 0) is 50.7 Å². The fourth-order valence-electron chi connectivity index (χ4n) is 3.27. The minimum Gasteiger partial charge on any atom is -0.232 e. The van der Waals surface area contributed by atoms with Crippen LogP contribution in [0.1, 0.15) is 5.56 Å². The van der Waals surface area contributed by atoms with Gasteiger partial charge in [-0.3, -0.25) is 0 Å². The van der Waals surface area contributed by atoms with Gasteiger partial charge in [0.05, 0.1) is 5.75 Å². The lowest BCUT2D eigenvalue weighted by atomic mass is 9.91. The smallest absolute Gasteiger partial charge is 0.144 e. The zero-order chi connectivity index (χ0) is 17.9. The van der Waals surface area contributed by atoms with Gasteiger partial charge in [0.1, 0.15) is 10.7 Å². The third-order valence-corrected chi connectivity index (χ3v) is 5.17. The van der Waals surface area contributed by atoms with E-state index in [1.54, 1.807) is 0 Å². The Hall–Kier alpha value is -2.91. The van der Waals surface area contributed by atoms with Crippen molar-refractivity contribution in [3.8, 4) is 22.3 Å². The quantitative estimate of drug-likeness (QED) is 0.503. The number of benzene rings is 4. The van der Waals surface area contributed by atoms with Crippen molar-refractivity contribution in [2.45, 2.75) is 5.75 Å². The summed E-state index contributed by atoms with van der Waals surface area (Å²) in [4.78, 5) is 0. The molecule has 0 saturated carbocycles. The van der Waals surface area contributed by atoms with E-state index in [1.165, 1.54) is 21.9 Å². The molecular formula is C23H18O2S. The molecule has 128 valence electrons. The summed E-state index contributed by atoms with van der Waals surface area (Å²) >= 11 is 0. The summed E-state index contributed by atoms with van der Waals surface area (Å²) in [5.41, 5.74) is 5.38. The van der Waals surface area contributed by atoms with Gasteiger partial charge in [0.15, 0.2) is 0 Å². The van der Waals surface area contributed by atoms with Crippen molar-refractivity contribution < 1.29 is 8.42 Å². The highest BCUT2D eigenvalue weighted by Crippen LogP contribution is 2.35. The monoisotopic (exact) mass is 358 g/mol. The van der Waals surface area contributed by atoms with Gasteiger partial charge >= 0.3 is 0 Å². The van der Waals surface area contributed by atoms with Crippen molar-refractivity contribution in [1.29, 1.82) is 0 Å². The first-order valence-corrected chi connectivity index (χ1v) is 9.86. The summed E-state index contributed by atoms with van der Waals surface area (Å²) in [5.74, 6) is 0.0822. The summed E-state index contributed by atoms with van der Waals surface area (Å²) in [6.45, 7) is 0. The largest absolute Gasteiger partial charge is 0.232 e. The maximum Gasteiger partial charge on any atom is 0.144 e. The molecule has 0 N–H and O–H groups in total. The van der Waals surface area contributed by atoms with E-state index in [4.69, 9.17) is 0 Å². The van der Waals surface area contributed by atoms with Crippen LogP contribution < -0.4 is 0 Å². The molecule has 0 amide bonds. The first kappa shape index (κ1) is 16.6. The normalized spacial score (nSPS) is 11.1. The second-order valence-electron chi connectivity index (χ2n) is 6.30. The highest BCUT2D eigenvalue weighted by atomic mass is 32.2. The fraction of sp³-hybridized carbons (Fsp3) is 0.0435. The van der Waals surface area contributed by atoms with Gasteiger partial charge in [-0.25, -0.2) is 8.42 Å². The van der Waals surface area contributed by atoms with Gasteiger partial charge in [-0.15, -0.1) is 0 Å². The van der Waals surface area contributed by atoms with Crippen LogP contribution in [0.25, 0.3) is 33.0 Å². The number of hydrogen-bond acceptors (Lipinski definition) is 2. The number of hydrogen-bond donors (Lipinski definition) is 1. The molecule has 26 heavy (non-hydrogen) atoms. The summed E-state index contributed by atoms with van der Waals surface area (Å²) in [6, 6.07) is 30.9. The van der Waals surface area contributed by atoms with Crippen molar-refractivity contribution in [3.05, 3.63) is 96.6 Å². The standard InChI is InChI=1S/C23H18O2S/c24-26(25)16-17-10-12-19(13-11-17)23-15-21-9-5-4-8-20(21)14-22(23)18-6-2-1-3-7-18/h1-15,26H,16H2. The van der Waals surface area contributed by atoms with Crippen LogP contribution in [0.15, 0.2) is 91.0 Å². The second kappa shape index (κ2) is 7.14. The topological polar surface area (TPSA) is 34.1 Å². The molecule has 0 aliphatic heterocycles. The minimum atomic E-state index is -2.41. The van der Waals surface area contributed by atoms with Crippen LogP contribution in [-0.2, 0) is 16.5 Å². The minimum absolute atomic E-state index is 0.0822. The summed E-state index contributed by atoms with van der Waals surface area (Å²) < 4.78 is 21.9. The van der Waals surface area contributed by atoms with Crippen molar-refractivity contribution in [2.24, 2.45) is 0 Å². The first-order chi connectivity index (χ1) is 12.7. The van der Waals surface area contributed by atoms with Crippen molar-refractivity contribution >= 4 is 21.5 Å². The Morgan fingerprint density at radius 1 is 0.577 bits per heavy atom. The molecule has 4 rings (SSSR count). The maximum absolute atomic E-state index is 10.9. The molecule has 0 bridgehead atoms. The van der Waals surface area contributed by atoms with Gasteiger partial charge in [0, 0.05) is 0 Å². The highest BCUT2D eigenvalue weighted by molar-refractivity contribution is 7.71. The van der Waals surface area contributed by atoms with Gasteiger partial charge in [-0.2, -0.15) is 0 Å². The number of thiol groups is 1. The van der Waals surface area contributed by atoms with Gasteiger partial charge in [0.2, 0.25) is 0 Å². The third-order valence-electron chi connectivity index (χ3n) is 4.55. The zero-order valence-electron chi connectivity index (χ0n) is 14.1. The van der Waals surface area contributed by atoms with Crippen LogP contribution in [0.4, 0.5) is 0 Å². The molecule has 0 unspecified atom stereocenters. The Kier molecular flexibility index (Phi) is 4.55. The molecule has 2 nitrogen and oxygen atoms in total. The molecule has 0 radical (unpaired) electrons. The van der Waals surface area contributed by atoms with E-state index >= 15 is 0 Å². The predicted molar refractivity (Wildman–Crippen MR) is 109 cm³/mol. The van der Waals surface area contributed by atoms with E-state index in [0.29, 0.717) is 0 Å². The van der Waals surface area contributed by atoms with Crippen LogP contribution in [0.2, 0.25) is 0 Å². The van der Waals surface area contributed by atoms with E-state index in [1.807, 2.05) is 48.5 Å². The SMILES string of the molecule is O=[SH](=O)Cc1ccc(-c2cc3ccccc3cc2-c2ccccc2)cc1. The predicted octanol–water partition coefficient (Wildman–Crippen LogP) is 5.29. The zero-order valence-corrected chi connectivity index (χ0v) is 15.0. The molecule has 4 aromatic carbocycles. The van der Waals surface area contributed by atoms with Crippen LogP contribution in [0, 0.1) is 0 Å². The average Bonchev–Trinajstić information content (AvgIpc) is 2.68. The lowest BCUT2D eigenvalue weighted by Crippen LogP contribution is -1.89. The summed E-state index contributed by atoms with van der Waals surface area (Å²) in [5, 5.41) is 2.39. The van der Waals surface area contributed by atoms with Gasteiger partial charge in [0.25, 0.3) is 0 Å².